The summed E-state index contributed by atoms with van der Waals surface area (Å²) < 4.78 is 5.56. The molecule has 0 saturated carbocycles. The Morgan fingerprint density at radius 2 is 2.09 bits per heavy atom. The molecule has 0 aliphatic carbocycles. The second-order valence-corrected chi connectivity index (χ2v) is 6.66. The molecule has 0 fully saturated rings. The minimum atomic E-state index is -0.0119. The fourth-order valence-electron chi connectivity index (χ4n) is 1.98. The summed E-state index contributed by atoms with van der Waals surface area (Å²) in [5, 5.41) is 3.53. The van der Waals surface area contributed by atoms with Crippen LogP contribution < -0.4 is 10.1 Å². The number of ether oxygens (including phenoxy) is 1. The van der Waals surface area contributed by atoms with Crippen molar-refractivity contribution < 1.29 is 9.53 Å². The van der Waals surface area contributed by atoms with Crippen molar-refractivity contribution in [2.24, 2.45) is 5.92 Å². The standard InChI is InChI=1S/C17H22N2O2S/c1-13(2)11-15-12-18-17(22-15)19-16(20)9-6-10-21-14-7-4-3-5-8-14/h3-5,7-8,12-13H,6,9-11H2,1-2H3,(H,18,19,20). The lowest BCUT2D eigenvalue weighted by Gasteiger charge is -2.05. The smallest absolute Gasteiger partial charge is 0.226 e. The van der Waals surface area contributed by atoms with Gasteiger partial charge in [0.15, 0.2) is 5.13 Å². The van der Waals surface area contributed by atoms with Crippen LogP contribution in [-0.4, -0.2) is 17.5 Å². The van der Waals surface area contributed by atoms with Crippen molar-refractivity contribution in [1.82, 2.24) is 4.98 Å². The van der Waals surface area contributed by atoms with E-state index in [1.165, 1.54) is 4.88 Å². The monoisotopic (exact) mass is 318 g/mol. The highest BCUT2D eigenvalue weighted by molar-refractivity contribution is 7.15. The van der Waals surface area contributed by atoms with Crippen LogP contribution in [0.25, 0.3) is 0 Å². The van der Waals surface area contributed by atoms with Crippen LogP contribution in [0.1, 0.15) is 31.6 Å². The van der Waals surface area contributed by atoms with Crippen LogP contribution in [0.3, 0.4) is 0 Å². The number of aromatic nitrogens is 1. The Morgan fingerprint density at radius 3 is 2.82 bits per heavy atom. The molecule has 0 saturated heterocycles. The number of rotatable bonds is 8. The van der Waals surface area contributed by atoms with Gasteiger partial charge in [-0.2, -0.15) is 0 Å². The van der Waals surface area contributed by atoms with Gasteiger partial charge in [-0.15, -0.1) is 11.3 Å². The molecule has 0 spiro atoms. The van der Waals surface area contributed by atoms with Gasteiger partial charge in [0, 0.05) is 17.5 Å². The zero-order valence-electron chi connectivity index (χ0n) is 13.0. The van der Waals surface area contributed by atoms with Gasteiger partial charge in [-0.3, -0.25) is 4.79 Å². The quantitative estimate of drug-likeness (QED) is 0.744. The third kappa shape index (κ3) is 5.85. The van der Waals surface area contributed by atoms with Crippen molar-refractivity contribution in [3.8, 4) is 5.75 Å². The average molecular weight is 318 g/mol. The van der Waals surface area contributed by atoms with Crippen molar-refractivity contribution in [2.45, 2.75) is 33.1 Å². The number of amides is 1. The minimum Gasteiger partial charge on any atom is -0.494 e. The molecule has 0 radical (unpaired) electrons. The molecule has 1 heterocycles. The largest absolute Gasteiger partial charge is 0.494 e. The number of anilines is 1. The first kappa shape index (κ1) is 16.5. The summed E-state index contributed by atoms with van der Waals surface area (Å²) in [4.78, 5) is 17.3. The molecule has 118 valence electrons. The van der Waals surface area contributed by atoms with Gasteiger partial charge in [0.25, 0.3) is 0 Å². The van der Waals surface area contributed by atoms with Crippen LogP contribution in [0.15, 0.2) is 36.5 Å². The van der Waals surface area contributed by atoms with Crippen molar-refractivity contribution in [3.05, 3.63) is 41.4 Å². The number of carbonyl (C=O) groups is 1. The Labute approximate surface area is 135 Å². The van der Waals surface area contributed by atoms with Crippen LogP contribution >= 0.6 is 11.3 Å². The first-order chi connectivity index (χ1) is 10.6. The highest BCUT2D eigenvalue weighted by atomic mass is 32.1. The molecule has 0 aliphatic heterocycles. The molecule has 1 aromatic heterocycles. The van der Waals surface area contributed by atoms with E-state index in [2.05, 4.69) is 24.1 Å². The van der Waals surface area contributed by atoms with Crippen LogP contribution in [0.5, 0.6) is 5.75 Å². The van der Waals surface area contributed by atoms with Crippen molar-refractivity contribution in [1.29, 1.82) is 0 Å². The summed E-state index contributed by atoms with van der Waals surface area (Å²) >= 11 is 1.55. The van der Waals surface area contributed by atoms with E-state index < -0.39 is 0 Å². The molecule has 1 aromatic carbocycles. The maximum atomic E-state index is 11.9. The van der Waals surface area contributed by atoms with Gasteiger partial charge in [-0.25, -0.2) is 4.98 Å². The highest BCUT2D eigenvalue weighted by Crippen LogP contribution is 2.21. The van der Waals surface area contributed by atoms with Crippen LogP contribution in [0.4, 0.5) is 5.13 Å². The van der Waals surface area contributed by atoms with Crippen molar-refractivity contribution in [3.63, 3.8) is 0 Å². The van der Waals surface area contributed by atoms with Gasteiger partial charge in [-0.1, -0.05) is 32.0 Å². The molecule has 2 aromatic rings. The first-order valence-corrected chi connectivity index (χ1v) is 8.37. The van der Waals surface area contributed by atoms with Gasteiger partial charge < -0.3 is 10.1 Å². The lowest BCUT2D eigenvalue weighted by molar-refractivity contribution is -0.116. The molecular formula is C17H22N2O2S. The molecular weight excluding hydrogens is 296 g/mol. The molecule has 0 atom stereocenters. The number of nitrogens with zero attached hydrogens (tertiary/aromatic N) is 1. The molecule has 5 heteroatoms. The number of nitrogens with one attached hydrogen (secondary N) is 1. The summed E-state index contributed by atoms with van der Waals surface area (Å²) in [6, 6.07) is 9.62. The van der Waals surface area contributed by atoms with Gasteiger partial charge in [0.1, 0.15) is 5.75 Å². The van der Waals surface area contributed by atoms with E-state index in [0.29, 0.717) is 30.5 Å². The maximum absolute atomic E-state index is 11.9. The molecule has 22 heavy (non-hydrogen) atoms. The maximum Gasteiger partial charge on any atom is 0.226 e. The summed E-state index contributed by atoms with van der Waals surface area (Å²) in [7, 11) is 0. The molecule has 0 unspecified atom stereocenters. The SMILES string of the molecule is CC(C)Cc1cnc(NC(=O)CCCOc2ccccc2)s1. The topological polar surface area (TPSA) is 51.2 Å². The highest BCUT2D eigenvalue weighted by Gasteiger charge is 2.08. The second kappa shape index (κ2) is 8.54. The Hall–Kier alpha value is -1.88. The van der Waals surface area contributed by atoms with Gasteiger partial charge in [0.05, 0.1) is 6.61 Å². The molecule has 1 amide bonds. The fourth-order valence-corrected chi connectivity index (χ4v) is 3.02. The van der Waals surface area contributed by atoms with E-state index in [0.717, 1.165) is 12.2 Å². The average Bonchev–Trinajstić information content (AvgIpc) is 2.91. The van der Waals surface area contributed by atoms with E-state index in [4.69, 9.17) is 4.74 Å². The van der Waals surface area contributed by atoms with E-state index in [9.17, 15) is 4.79 Å². The van der Waals surface area contributed by atoms with Crippen molar-refractivity contribution in [2.75, 3.05) is 11.9 Å². The number of carbonyl (C=O) groups excluding carboxylic acids is 1. The Bertz CT molecular complexity index is 581. The third-order valence-electron chi connectivity index (χ3n) is 2.97. The number of para-hydroxylation sites is 1. The predicted octanol–water partition coefficient (Wildman–Crippen LogP) is 4.14. The Morgan fingerprint density at radius 1 is 1.32 bits per heavy atom. The van der Waals surface area contributed by atoms with Gasteiger partial charge in [-0.05, 0) is 30.9 Å². The summed E-state index contributed by atoms with van der Waals surface area (Å²) in [6.45, 7) is 4.88. The summed E-state index contributed by atoms with van der Waals surface area (Å²) in [6.07, 6.45) is 3.97. The fraction of sp³-hybridized carbons (Fsp3) is 0.412. The molecule has 1 N–H and O–H groups in total. The molecule has 4 nitrogen and oxygen atoms in total. The Kier molecular flexibility index (Phi) is 6.40. The Balaban J connectivity index is 1.66. The summed E-state index contributed by atoms with van der Waals surface area (Å²) in [5.74, 6) is 1.42. The number of hydrogen-bond donors (Lipinski definition) is 1. The second-order valence-electron chi connectivity index (χ2n) is 5.54. The molecule has 0 aliphatic rings. The normalized spacial score (nSPS) is 10.7. The van der Waals surface area contributed by atoms with Gasteiger partial charge >= 0.3 is 0 Å². The lowest BCUT2D eigenvalue weighted by atomic mass is 10.1. The minimum absolute atomic E-state index is 0.0119. The lowest BCUT2D eigenvalue weighted by Crippen LogP contribution is -2.12. The zero-order valence-corrected chi connectivity index (χ0v) is 13.9. The van der Waals surface area contributed by atoms with Crippen molar-refractivity contribution >= 4 is 22.4 Å². The van der Waals surface area contributed by atoms with Crippen LogP contribution in [0.2, 0.25) is 0 Å². The van der Waals surface area contributed by atoms with Gasteiger partial charge in [0.2, 0.25) is 5.91 Å². The van der Waals surface area contributed by atoms with Crippen LogP contribution in [-0.2, 0) is 11.2 Å². The first-order valence-electron chi connectivity index (χ1n) is 7.56. The number of thiazole rings is 1. The summed E-state index contributed by atoms with van der Waals surface area (Å²) in [5.41, 5.74) is 0. The molecule has 2 rings (SSSR count). The third-order valence-corrected chi connectivity index (χ3v) is 3.90. The number of benzene rings is 1. The molecule has 0 bridgehead atoms. The van der Waals surface area contributed by atoms with E-state index >= 15 is 0 Å². The van der Waals surface area contributed by atoms with Crippen LogP contribution in [0, 0.1) is 5.92 Å². The van der Waals surface area contributed by atoms with E-state index in [-0.39, 0.29) is 5.91 Å². The number of hydrogen-bond acceptors (Lipinski definition) is 4. The van der Waals surface area contributed by atoms with E-state index in [1.54, 1.807) is 11.3 Å². The zero-order chi connectivity index (χ0) is 15.8. The predicted molar refractivity (Wildman–Crippen MR) is 90.5 cm³/mol. The van der Waals surface area contributed by atoms with E-state index in [1.807, 2.05) is 36.5 Å².